The van der Waals surface area contributed by atoms with E-state index in [2.05, 4.69) is 15.0 Å². The molecule has 0 N–H and O–H groups in total. The van der Waals surface area contributed by atoms with Crippen molar-refractivity contribution >= 4 is 5.65 Å². The SMILES string of the molecule is COc1ccc(-c2cnc3ccc(OCCCN4CCCCC4)nn23)cc1. The summed E-state index contributed by atoms with van der Waals surface area (Å²) < 4.78 is 13.0. The van der Waals surface area contributed by atoms with Gasteiger partial charge in [0.1, 0.15) is 5.75 Å². The normalized spacial score (nSPS) is 15.1. The molecule has 0 aliphatic carbocycles. The van der Waals surface area contributed by atoms with Gasteiger partial charge in [0.25, 0.3) is 0 Å². The van der Waals surface area contributed by atoms with Crippen molar-refractivity contribution < 1.29 is 9.47 Å². The van der Waals surface area contributed by atoms with Gasteiger partial charge in [-0.25, -0.2) is 9.50 Å². The van der Waals surface area contributed by atoms with Crippen LogP contribution in [0.2, 0.25) is 0 Å². The van der Waals surface area contributed by atoms with E-state index in [0.29, 0.717) is 12.5 Å². The maximum absolute atomic E-state index is 5.90. The number of hydrogen-bond acceptors (Lipinski definition) is 5. The van der Waals surface area contributed by atoms with Crippen molar-refractivity contribution in [2.45, 2.75) is 25.7 Å². The number of imidazole rings is 1. The molecule has 0 bridgehead atoms. The summed E-state index contributed by atoms with van der Waals surface area (Å²) in [7, 11) is 1.67. The number of piperidine rings is 1. The fraction of sp³-hybridized carbons (Fsp3) is 0.429. The molecule has 1 fully saturated rings. The van der Waals surface area contributed by atoms with Crippen LogP contribution in [-0.2, 0) is 0 Å². The highest BCUT2D eigenvalue weighted by Gasteiger charge is 2.11. The molecule has 0 atom stereocenters. The molecule has 1 saturated heterocycles. The highest BCUT2D eigenvalue weighted by atomic mass is 16.5. The Hall–Kier alpha value is -2.60. The van der Waals surface area contributed by atoms with Crippen LogP contribution in [0, 0.1) is 0 Å². The molecule has 0 radical (unpaired) electrons. The summed E-state index contributed by atoms with van der Waals surface area (Å²) in [5.41, 5.74) is 2.78. The van der Waals surface area contributed by atoms with Crippen molar-refractivity contribution in [1.29, 1.82) is 0 Å². The predicted molar refractivity (Wildman–Crippen MR) is 105 cm³/mol. The van der Waals surface area contributed by atoms with Crippen molar-refractivity contribution in [3.63, 3.8) is 0 Å². The van der Waals surface area contributed by atoms with E-state index in [0.717, 1.165) is 35.6 Å². The highest BCUT2D eigenvalue weighted by Crippen LogP contribution is 2.23. The molecule has 0 unspecified atom stereocenters. The molecule has 0 spiro atoms. The number of hydrogen-bond donors (Lipinski definition) is 0. The molecule has 142 valence electrons. The predicted octanol–water partition coefficient (Wildman–Crippen LogP) is 3.66. The van der Waals surface area contributed by atoms with Gasteiger partial charge in [-0.15, -0.1) is 5.10 Å². The second-order valence-corrected chi connectivity index (χ2v) is 6.92. The molecule has 1 aliphatic heterocycles. The third-order valence-corrected chi connectivity index (χ3v) is 5.04. The van der Waals surface area contributed by atoms with Gasteiger partial charge in [0, 0.05) is 18.2 Å². The molecule has 6 nitrogen and oxygen atoms in total. The van der Waals surface area contributed by atoms with Gasteiger partial charge >= 0.3 is 0 Å². The molecule has 27 heavy (non-hydrogen) atoms. The Bertz CT molecular complexity index is 870. The van der Waals surface area contributed by atoms with E-state index in [-0.39, 0.29) is 0 Å². The zero-order valence-electron chi connectivity index (χ0n) is 15.8. The van der Waals surface area contributed by atoms with Crippen LogP contribution in [0.15, 0.2) is 42.6 Å². The first kappa shape index (κ1) is 17.8. The van der Waals surface area contributed by atoms with Gasteiger partial charge in [0.2, 0.25) is 5.88 Å². The number of fused-ring (bicyclic) bond motifs is 1. The van der Waals surface area contributed by atoms with Crippen molar-refractivity contribution in [1.82, 2.24) is 19.5 Å². The second-order valence-electron chi connectivity index (χ2n) is 6.92. The Morgan fingerprint density at radius 2 is 1.81 bits per heavy atom. The minimum absolute atomic E-state index is 0.633. The lowest BCUT2D eigenvalue weighted by Crippen LogP contribution is -2.31. The van der Waals surface area contributed by atoms with Crippen molar-refractivity contribution in [3.8, 4) is 22.9 Å². The molecule has 2 aromatic heterocycles. The van der Waals surface area contributed by atoms with E-state index in [1.165, 1.54) is 32.4 Å². The number of aromatic nitrogens is 3. The van der Waals surface area contributed by atoms with Gasteiger partial charge in [-0.05, 0) is 62.7 Å². The van der Waals surface area contributed by atoms with Crippen LogP contribution < -0.4 is 9.47 Å². The van der Waals surface area contributed by atoms with Crippen LogP contribution in [0.3, 0.4) is 0 Å². The van der Waals surface area contributed by atoms with Gasteiger partial charge in [0.15, 0.2) is 5.65 Å². The first-order chi connectivity index (χ1) is 13.3. The minimum Gasteiger partial charge on any atom is -0.497 e. The van der Waals surface area contributed by atoms with Gasteiger partial charge in [0.05, 0.1) is 25.6 Å². The first-order valence-electron chi connectivity index (χ1n) is 9.68. The van der Waals surface area contributed by atoms with Crippen molar-refractivity contribution in [2.75, 3.05) is 33.4 Å². The number of ether oxygens (including phenoxy) is 2. The smallest absolute Gasteiger partial charge is 0.231 e. The Morgan fingerprint density at radius 1 is 1.00 bits per heavy atom. The minimum atomic E-state index is 0.633. The van der Waals surface area contributed by atoms with E-state index in [4.69, 9.17) is 9.47 Å². The number of rotatable bonds is 7. The third kappa shape index (κ3) is 4.22. The Labute approximate surface area is 159 Å². The number of likely N-dealkylation sites (tertiary alicyclic amines) is 1. The first-order valence-corrected chi connectivity index (χ1v) is 9.68. The van der Waals surface area contributed by atoms with Crippen molar-refractivity contribution in [2.24, 2.45) is 0 Å². The largest absolute Gasteiger partial charge is 0.497 e. The van der Waals surface area contributed by atoms with Crippen LogP contribution in [0.4, 0.5) is 0 Å². The molecule has 3 heterocycles. The average Bonchev–Trinajstić information content (AvgIpc) is 3.15. The zero-order chi connectivity index (χ0) is 18.5. The fourth-order valence-corrected chi connectivity index (χ4v) is 3.54. The quantitative estimate of drug-likeness (QED) is 0.597. The van der Waals surface area contributed by atoms with Crippen LogP contribution in [0.5, 0.6) is 11.6 Å². The standard InChI is InChI=1S/C21H26N4O2/c1-26-18-8-6-17(7-9-18)19-16-22-20-10-11-21(23-25(19)20)27-15-5-14-24-12-3-2-4-13-24/h6-11,16H,2-5,12-15H2,1H3. The molecule has 1 aliphatic rings. The van der Waals surface area contributed by atoms with E-state index in [1.54, 1.807) is 7.11 Å². The highest BCUT2D eigenvalue weighted by molar-refractivity contribution is 5.63. The molecule has 0 saturated carbocycles. The summed E-state index contributed by atoms with van der Waals surface area (Å²) in [5.74, 6) is 1.46. The van der Waals surface area contributed by atoms with E-state index >= 15 is 0 Å². The molecule has 1 aromatic carbocycles. The summed E-state index contributed by atoms with van der Waals surface area (Å²) in [5, 5.41) is 4.63. The third-order valence-electron chi connectivity index (χ3n) is 5.04. The number of methoxy groups -OCH3 is 1. The fourth-order valence-electron chi connectivity index (χ4n) is 3.54. The van der Waals surface area contributed by atoms with Crippen LogP contribution in [0.25, 0.3) is 16.9 Å². The molecular weight excluding hydrogens is 340 g/mol. The zero-order valence-corrected chi connectivity index (χ0v) is 15.8. The molecular formula is C21H26N4O2. The molecule has 0 amide bonds. The second kappa shape index (κ2) is 8.39. The molecule has 4 rings (SSSR count). The Morgan fingerprint density at radius 3 is 2.59 bits per heavy atom. The maximum Gasteiger partial charge on any atom is 0.231 e. The summed E-state index contributed by atoms with van der Waals surface area (Å²) in [6, 6.07) is 11.7. The molecule has 3 aromatic rings. The summed E-state index contributed by atoms with van der Waals surface area (Å²) in [6.45, 7) is 4.24. The van der Waals surface area contributed by atoms with Gasteiger partial charge in [-0.3, -0.25) is 0 Å². The lowest BCUT2D eigenvalue weighted by atomic mass is 10.1. The average molecular weight is 366 g/mol. The van der Waals surface area contributed by atoms with Crippen LogP contribution in [-0.4, -0.2) is 52.8 Å². The lowest BCUT2D eigenvalue weighted by molar-refractivity contribution is 0.202. The number of benzene rings is 1. The Balaban J connectivity index is 1.41. The van der Waals surface area contributed by atoms with Gasteiger partial charge in [-0.1, -0.05) is 6.42 Å². The Kier molecular flexibility index (Phi) is 5.53. The summed E-state index contributed by atoms with van der Waals surface area (Å²) >= 11 is 0. The van der Waals surface area contributed by atoms with E-state index in [9.17, 15) is 0 Å². The topological polar surface area (TPSA) is 51.9 Å². The van der Waals surface area contributed by atoms with E-state index in [1.807, 2.05) is 47.1 Å². The summed E-state index contributed by atoms with van der Waals surface area (Å²) in [4.78, 5) is 6.97. The monoisotopic (exact) mass is 366 g/mol. The number of nitrogens with zero attached hydrogens (tertiary/aromatic N) is 4. The van der Waals surface area contributed by atoms with Crippen LogP contribution >= 0.6 is 0 Å². The lowest BCUT2D eigenvalue weighted by Gasteiger charge is -2.26. The van der Waals surface area contributed by atoms with Crippen molar-refractivity contribution in [3.05, 3.63) is 42.6 Å². The maximum atomic E-state index is 5.90. The van der Waals surface area contributed by atoms with E-state index < -0.39 is 0 Å². The molecule has 6 heteroatoms. The van der Waals surface area contributed by atoms with Crippen LogP contribution in [0.1, 0.15) is 25.7 Å². The van der Waals surface area contributed by atoms with Gasteiger partial charge in [-0.2, -0.15) is 0 Å². The van der Waals surface area contributed by atoms with Gasteiger partial charge < -0.3 is 14.4 Å². The summed E-state index contributed by atoms with van der Waals surface area (Å²) in [6.07, 6.45) is 6.89.